The minimum Gasteiger partial charge on any atom is -0.467 e. The molecule has 0 aliphatic heterocycles. The van der Waals surface area contributed by atoms with Gasteiger partial charge in [0.05, 0.1) is 24.1 Å². The second kappa shape index (κ2) is 13.5. The monoisotopic (exact) mass is 631 g/mol. The second-order valence-corrected chi connectivity index (χ2v) is 11.3. The van der Waals surface area contributed by atoms with E-state index < -0.39 is 40.9 Å². The molecule has 4 rings (SSSR count). The molecule has 2 atom stereocenters. The fraction of sp³-hybridized carbons (Fsp3) is 0.233. The molecule has 0 aliphatic rings. The fourth-order valence-corrected chi connectivity index (χ4v) is 6.06. The van der Waals surface area contributed by atoms with Crippen LogP contribution in [0, 0.1) is 6.92 Å². The molecular formula is C30H28F3N3O5S2. The maximum atomic E-state index is 13.0. The summed E-state index contributed by atoms with van der Waals surface area (Å²) in [5.41, 5.74) is 2.71. The lowest BCUT2D eigenvalue weighted by molar-refractivity contribution is -0.142. The van der Waals surface area contributed by atoms with Crippen molar-refractivity contribution in [2.45, 2.75) is 38.9 Å². The van der Waals surface area contributed by atoms with E-state index in [-0.39, 0.29) is 0 Å². The Bertz CT molecular complexity index is 1610. The molecule has 0 saturated heterocycles. The Kier molecular flexibility index (Phi) is 9.99. The lowest BCUT2D eigenvalue weighted by Gasteiger charge is -2.27. The van der Waals surface area contributed by atoms with Crippen molar-refractivity contribution in [1.29, 1.82) is 0 Å². The fourth-order valence-electron chi connectivity index (χ4n) is 4.39. The van der Waals surface area contributed by atoms with E-state index in [2.05, 4.69) is 10.3 Å². The van der Waals surface area contributed by atoms with Crippen molar-refractivity contribution >= 4 is 45.9 Å². The van der Waals surface area contributed by atoms with Gasteiger partial charge in [-0.3, -0.25) is 13.7 Å². The van der Waals surface area contributed by atoms with Gasteiger partial charge in [-0.25, -0.2) is 14.0 Å². The van der Waals surface area contributed by atoms with Gasteiger partial charge in [0.25, 0.3) is 17.2 Å². The van der Waals surface area contributed by atoms with Gasteiger partial charge in [-0.1, -0.05) is 49.7 Å². The summed E-state index contributed by atoms with van der Waals surface area (Å²) in [6, 6.07) is 17.6. The molecule has 1 amide bonds. The molecule has 43 heavy (non-hydrogen) atoms. The van der Waals surface area contributed by atoms with Crippen LogP contribution in [0.15, 0.2) is 72.8 Å². The van der Waals surface area contributed by atoms with Crippen molar-refractivity contribution in [3.8, 4) is 21.7 Å². The number of ether oxygens (including phenoxy) is 1. The summed E-state index contributed by atoms with van der Waals surface area (Å²) in [6.45, 7) is 3.53. The number of carbonyl (C=O) groups is 2. The molecule has 13 heteroatoms. The molecule has 4 aromatic rings. The number of thiazole rings is 1. The second-order valence-electron chi connectivity index (χ2n) is 9.47. The first-order chi connectivity index (χ1) is 20.4. The average molecular weight is 632 g/mol. The summed E-state index contributed by atoms with van der Waals surface area (Å²) in [4.78, 5) is 29.9. The molecule has 8 nitrogen and oxygen atoms in total. The van der Waals surface area contributed by atoms with Gasteiger partial charge in [-0.2, -0.15) is 13.2 Å². The van der Waals surface area contributed by atoms with Crippen LogP contribution in [0.1, 0.15) is 40.7 Å². The van der Waals surface area contributed by atoms with Crippen molar-refractivity contribution < 1.29 is 36.3 Å². The van der Waals surface area contributed by atoms with Crippen LogP contribution in [0.25, 0.3) is 21.7 Å². The van der Waals surface area contributed by atoms with Gasteiger partial charge in [0.15, 0.2) is 0 Å². The Balaban J connectivity index is 1.46. The summed E-state index contributed by atoms with van der Waals surface area (Å²) >= 11 is -1.36. The molecule has 0 aliphatic carbocycles. The Morgan fingerprint density at radius 3 is 2.07 bits per heavy atom. The normalized spacial score (nSPS) is 12.8. The van der Waals surface area contributed by atoms with Gasteiger partial charge >= 0.3 is 12.1 Å². The molecule has 2 N–H and O–H groups in total. The van der Waals surface area contributed by atoms with E-state index in [1.165, 1.54) is 19.2 Å². The number of amides is 1. The van der Waals surface area contributed by atoms with Gasteiger partial charge in [0.1, 0.15) is 15.9 Å². The van der Waals surface area contributed by atoms with Crippen LogP contribution in [0.4, 0.5) is 24.5 Å². The SMILES string of the molecule is CCCC(C(=O)OC)N(c1ccc(-c2ccc(NC(=O)c3sc(-c4ccc(C(F)(F)F)cc4)nc3C)cc2)cc1)S(=O)O. The highest BCUT2D eigenvalue weighted by Gasteiger charge is 2.31. The molecule has 3 aromatic carbocycles. The van der Waals surface area contributed by atoms with Crippen molar-refractivity contribution in [1.82, 2.24) is 4.98 Å². The number of methoxy groups -OCH3 is 1. The minimum absolute atomic E-state index is 0.339. The maximum Gasteiger partial charge on any atom is 0.416 e. The number of halogens is 3. The predicted molar refractivity (Wildman–Crippen MR) is 161 cm³/mol. The number of aromatic nitrogens is 1. The highest BCUT2D eigenvalue weighted by molar-refractivity contribution is 7.80. The van der Waals surface area contributed by atoms with E-state index in [9.17, 15) is 31.5 Å². The Morgan fingerprint density at radius 2 is 1.56 bits per heavy atom. The summed E-state index contributed by atoms with van der Waals surface area (Å²) in [7, 11) is 1.23. The molecule has 0 spiro atoms. The molecule has 0 bridgehead atoms. The number of aryl methyl sites for hydroxylation is 1. The summed E-state index contributed by atoms with van der Waals surface area (Å²) in [5, 5.41) is 3.26. The van der Waals surface area contributed by atoms with Gasteiger partial charge in [0, 0.05) is 11.3 Å². The number of nitrogens with one attached hydrogen (secondary N) is 1. The molecule has 0 fully saturated rings. The first-order valence-corrected chi connectivity index (χ1v) is 15.0. The molecular weight excluding hydrogens is 603 g/mol. The minimum atomic E-state index is -4.44. The first kappa shape index (κ1) is 31.9. The zero-order chi connectivity index (χ0) is 31.3. The lowest BCUT2D eigenvalue weighted by Crippen LogP contribution is -2.43. The number of esters is 1. The smallest absolute Gasteiger partial charge is 0.416 e. The summed E-state index contributed by atoms with van der Waals surface area (Å²) in [5.74, 6) is -0.995. The molecule has 0 radical (unpaired) electrons. The number of benzene rings is 3. The van der Waals surface area contributed by atoms with Crippen LogP contribution >= 0.6 is 11.3 Å². The van der Waals surface area contributed by atoms with Gasteiger partial charge < -0.3 is 10.1 Å². The van der Waals surface area contributed by atoms with Crippen molar-refractivity contribution in [3.63, 3.8) is 0 Å². The van der Waals surface area contributed by atoms with E-state index in [1.807, 2.05) is 6.92 Å². The zero-order valence-electron chi connectivity index (χ0n) is 23.3. The number of nitrogens with zero attached hydrogens (tertiary/aromatic N) is 2. The molecule has 2 unspecified atom stereocenters. The van der Waals surface area contributed by atoms with Gasteiger partial charge in [0.2, 0.25) is 0 Å². The van der Waals surface area contributed by atoms with Crippen molar-refractivity contribution in [2.24, 2.45) is 0 Å². The van der Waals surface area contributed by atoms with Gasteiger partial charge in [-0.15, -0.1) is 11.3 Å². The Labute approximate surface area is 253 Å². The standard InChI is InChI=1S/C30H28F3N3O5S2/c1-4-5-25(29(38)41-3)36(43(39)40)24-16-10-20(11-17-24)19-8-14-23(15-9-19)35-27(37)26-18(2)34-28(42-26)21-6-12-22(13-7-21)30(31,32)33/h6-17,25H,4-5H2,1-3H3,(H,35,37)(H,39,40). The number of anilines is 2. The van der Waals surface area contributed by atoms with E-state index in [4.69, 9.17) is 4.74 Å². The lowest BCUT2D eigenvalue weighted by atomic mass is 10.0. The van der Waals surface area contributed by atoms with Crippen LogP contribution < -0.4 is 9.62 Å². The third kappa shape index (κ3) is 7.48. The molecule has 0 saturated carbocycles. The number of carbonyl (C=O) groups excluding carboxylic acids is 2. The van der Waals surface area contributed by atoms with Crippen molar-refractivity contribution in [2.75, 3.05) is 16.7 Å². The topological polar surface area (TPSA) is 109 Å². The van der Waals surface area contributed by atoms with E-state index in [0.717, 1.165) is 38.9 Å². The third-order valence-electron chi connectivity index (χ3n) is 6.55. The zero-order valence-corrected chi connectivity index (χ0v) is 25.0. The molecule has 226 valence electrons. The molecule has 1 aromatic heterocycles. The van der Waals surface area contributed by atoms with Crippen LogP contribution in [-0.2, 0) is 27.0 Å². The van der Waals surface area contributed by atoms with Crippen molar-refractivity contribution in [3.05, 3.63) is 88.9 Å². The quantitative estimate of drug-likeness (QED) is 0.140. The average Bonchev–Trinajstić information content (AvgIpc) is 3.38. The highest BCUT2D eigenvalue weighted by Crippen LogP contribution is 2.33. The van der Waals surface area contributed by atoms with Crippen LogP contribution in [0.2, 0.25) is 0 Å². The van der Waals surface area contributed by atoms with E-state index >= 15 is 0 Å². The van der Waals surface area contributed by atoms with Crippen LogP contribution in [0.5, 0.6) is 0 Å². The van der Waals surface area contributed by atoms with Crippen LogP contribution in [-0.4, -0.2) is 38.8 Å². The number of hydrogen-bond donors (Lipinski definition) is 2. The summed E-state index contributed by atoms with van der Waals surface area (Å²) in [6.07, 6.45) is -3.49. The van der Waals surface area contributed by atoms with Gasteiger partial charge in [-0.05, 0) is 60.9 Å². The van der Waals surface area contributed by atoms with E-state index in [0.29, 0.717) is 45.4 Å². The van der Waals surface area contributed by atoms with E-state index in [1.54, 1.807) is 55.5 Å². The Hall–Kier alpha value is -4.07. The summed E-state index contributed by atoms with van der Waals surface area (Å²) < 4.78 is 66.6. The number of rotatable bonds is 10. The number of hydrogen-bond acceptors (Lipinski definition) is 6. The Morgan fingerprint density at radius 1 is 1.00 bits per heavy atom. The predicted octanol–water partition coefficient (Wildman–Crippen LogP) is 7.34. The first-order valence-electron chi connectivity index (χ1n) is 13.1. The van der Waals surface area contributed by atoms with Crippen LogP contribution in [0.3, 0.4) is 0 Å². The highest BCUT2D eigenvalue weighted by atomic mass is 32.2. The third-order valence-corrected chi connectivity index (χ3v) is 8.55. The molecule has 1 heterocycles. The number of alkyl halides is 3. The largest absolute Gasteiger partial charge is 0.467 e. The maximum absolute atomic E-state index is 13.0.